The molecule has 3 rings (SSSR count). The van der Waals surface area contributed by atoms with Gasteiger partial charge in [-0.2, -0.15) is 0 Å². The van der Waals surface area contributed by atoms with Crippen LogP contribution in [0.25, 0.3) is 11.3 Å². The maximum absolute atomic E-state index is 12.5. The molecule has 2 N–H and O–H groups in total. The monoisotopic (exact) mass is 365 g/mol. The number of nitrogens with one attached hydrogen (secondary N) is 2. The van der Waals surface area contributed by atoms with Crippen molar-refractivity contribution < 1.29 is 18.8 Å². The van der Waals surface area contributed by atoms with Crippen molar-refractivity contribution in [1.82, 2.24) is 16.0 Å². The molecule has 2 amide bonds. The third kappa shape index (κ3) is 4.52. The highest BCUT2D eigenvalue weighted by Crippen LogP contribution is 2.24. The van der Waals surface area contributed by atoms with Crippen LogP contribution in [-0.2, 0) is 4.79 Å². The second-order valence-corrected chi connectivity index (χ2v) is 5.94. The number of nitrogens with zero attached hydrogens (tertiary/aromatic N) is 1. The summed E-state index contributed by atoms with van der Waals surface area (Å²) in [5, 5.41) is 3.95. The number of hydrazine groups is 1. The Labute approximate surface area is 156 Å². The zero-order chi connectivity index (χ0) is 19.2. The van der Waals surface area contributed by atoms with Gasteiger partial charge < -0.3 is 9.26 Å². The number of aromatic nitrogens is 1. The molecule has 0 unspecified atom stereocenters. The van der Waals surface area contributed by atoms with Gasteiger partial charge in [0.25, 0.3) is 11.8 Å². The molecule has 0 radical (unpaired) electrons. The first-order valence-electron chi connectivity index (χ1n) is 8.35. The maximum Gasteiger partial charge on any atom is 0.276 e. The van der Waals surface area contributed by atoms with E-state index in [1.807, 2.05) is 55.5 Å². The van der Waals surface area contributed by atoms with E-state index in [2.05, 4.69) is 16.0 Å². The molecule has 0 aliphatic carbocycles. The summed E-state index contributed by atoms with van der Waals surface area (Å²) >= 11 is 0. The third-order valence-corrected chi connectivity index (χ3v) is 3.81. The molecule has 0 spiro atoms. The van der Waals surface area contributed by atoms with E-state index >= 15 is 0 Å². The summed E-state index contributed by atoms with van der Waals surface area (Å²) in [4.78, 5) is 24.4. The van der Waals surface area contributed by atoms with Gasteiger partial charge in [-0.3, -0.25) is 20.4 Å². The lowest BCUT2D eigenvalue weighted by molar-refractivity contribution is -0.123. The molecule has 2 aromatic carbocycles. The molecule has 0 saturated carbocycles. The largest absolute Gasteiger partial charge is 0.484 e. The van der Waals surface area contributed by atoms with E-state index in [-0.39, 0.29) is 12.2 Å². The van der Waals surface area contributed by atoms with Crippen LogP contribution >= 0.6 is 0 Å². The molecule has 0 fully saturated rings. The first-order valence-corrected chi connectivity index (χ1v) is 8.35. The topological polar surface area (TPSA) is 93.5 Å². The normalized spacial score (nSPS) is 10.3. The molecule has 0 aliphatic heterocycles. The molecule has 0 bridgehead atoms. The SMILES string of the molecule is Cc1cccc(OCC(=O)NNC(=O)c2c(-c3ccccc3)noc2C)c1. The standard InChI is InChI=1S/C20H19N3O4/c1-13-7-6-10-16(11-13)26-12-17(24)21-22-20(25)18-14(2)27-23-19(18)15-8-4-3-5-9-15/h3-11H,12H2,1-2H3,(H,21,24)(H,22,25). The Bertz CT molecular complexity index is 951. The predicted molar refractivity (Wildman–Crippen MR) is 99.0 cm³/mol. The molecule has 27 heavy (non-hydrogen) atoms. The Morgan fingerprint density at radius 1 is 1.04 bits per heavy atom. The van der Waals surface area contributed by atoms with E-state index in [0.717, 1.165) is 11.1 Å². The van der Waals surface area contributed by atoms with Gasteiger partial charge in [0.15, 0.2) is 6.61 Å². The summed E-state index contributed by atoms with van der Waals surface area (Å²) in [6, 6.07) is 16.5. The van der Waals surface area contributed by atoms with Crippen LogP contribution in [0.3, 0.4) is 0 Å². The molecule has 7 nitrogen and oxygen atoms in total. The minimum atomic E-state index is -0.517. The zero-order valence-corrected chi connectivity index (χ0v) is 15.0. The van der Waals surface area contributed by atoms with E-state index < -0.39 is 11.8 Å². The highest BCUT2D eigenvalue weighted by Gasteiger charge is 2.21. The van der Waals surface area contributed by atoms with Crippen molar-refractivity contribution in [3.05, 3.63) is 71.5 Å². The van der Waals surface area contributed by atoms with Gasteiger partial charge in [0.2, 0.25) is 0 Å². The van der Waals surface area contributed by atoms with E-state index in [4.69, 9.17) is 9.26 Å². The number of hydrogen-bond acceptors (Lipinski definition) is 5. The molecule has 1 heterocycles. The average molecular weight is 365 g/mol. The van der Waals surface area contributed by atoms with Gasteiger partial charge in [-0.15, -0.1) is 0 Å². The lowest BCUT2D eigenvalue weighted by Gasteiger charge is -2.09. The summed E-state index contributed by atoms with van der Waals surface area (Å²) in [6.45, 7) is 3.34. The van der Waals surface area contributed by atoms with Crippen LogP contribution in [-0.4, -0.2) is 23.6 Å². The van der Waals surface area contributed by atoms with Crippen molar-refractivity contribution in [1.29, 1.82) is 0 Å². The Morgan fingerprint density at radius 2 is 1.81 bits per heavy atom. The number of benzene rings is 2. The molecule has 0 saturated heterocycles. The van der Waals surface area contributed by atoms with Crippen molar-refractivity contribution in [2.45, 2.75) is 13.8 Å². The summed E-state index contributed by atoms with van der Waals surface area (Å²) in [5.41, 5.74) is 7.14. The first-order chi connectivity index (χ1) is 13.0. The fourth-order valence-corrected chi connectivity index (χ4v) is 2.51. The maximum atomic E-state index is 12.5. The van der Waals surface area contributed by atoms with Gasteiger partial charge in [0, 0.05) is 5.56 Å². The van der Waals surface area contributed by atoms with Gasteiger partial charge in [-0.25, -0.2) is 0 Å². The first kappa shape index (κ1) is 18.2. The van der Waals surface area contributed by atoms with E-state index in [1.54, 1.807) is 13.0 Å². The molecular weight excluding hydrogens is 346 g/mol. The van der Waals surface area contributed by atoms with Crippen LogP contribution in [0, 0.1) is 13.8 Å². The van der Waals surface area contributed by atoms with E-state index in [1.165, 1.54) is 0 Å². The summed E-state index contributed by atoms with van der Waals surface area (Å²) in [5.74, 6) is -0.0638. The number of carbonyl (C=O) groups excluding carboxylic acids is 2. The van der Waals surface area contributed by atoms with Gasteiger partial charge in [0.1, 0.15) is 22.8 Å². The number of carbonyl (C=O) groups is 2. The molecular formula is C20H19N3O4. The van der Waals surface area contributed by atoms with Gasteiger partial charge in [-0.1, -0.05) is 47.6 Å². The zero-order valence-electron chi connectivity index (χ0n) is 15.0. The van der Waals surface area contributed by atoms with E-state index in [9.17, 15) is 9.59 Å². The highest BCUT2D eigenvalue weighted by atomic mass is 16.5. The van der Waals surface area contributed by atoms with Gasteiger partial charge in [0.05, 0.1) is 0 Å². The molecule has 1 aromatic heterocycles. The molecule has 0 aliphatic rings. The van der Waals surface area contributed by atoms with Gasteiger partial charge >= 0.3 is 0 Å². The van der Waals surface area contributed by atoms with Crippen molar-refractivity contribution in [3.63, 3.8) is 0 Å². The molecule has 0 atom stereocenters. The summed E-state index contributed by atoms with van der Waals surface area (Å²) in [7, 11) is 0. The summed E-state index contributed by atoms with van der Waals surface area (Å²) < 4.78 is 10.5. The van der Waals surface area contributed by atoms with Crippen LogP contribution < -0.4 is 15.6 Å². The Kier molecular flexibility index (Phi) is 5.51. The lowest BCUT2D eigenvalue weighted by Crippen LogP contribution is -2.44. The number of ether oxygens (including phenoxy) is 1. The van der Waals surface area contributed by atoms with Crippen molar-refractivity contribution in [2.75, 3.05) is 6.61 Å². The molecule has 138 valence electrons. The number of hydrogen-bond donors (Lipinski definition) is 2. The quantitative estimate of drug-likeness (QED) is 0.678. The van der Waals surface area contributed by atoms with Crippen molar-refractivity contribution in [2.24, 2.45) is 0 Å². The van der Waals surface area contributed by atoms with Crippen molar-refractivity contribution in [3.8, 4) is 17.0 Å². The highest BCUT2D eigenvalue weighted by molar-refractivity contribution is 6.01. The molecule has 3 aromatic rings. The Balaban J connectivity index is 1.60. The number of amides is 2. The van der Waals surface area contributed by atoms with Gasteiger partial charge in [-0.05, 0) is 31.5 Å². The fraction of sp³-hybridized carbons (Fsp3) is 0.150. The predicted octanol–water partition coefficient (Wildman–Crippen LogP) is 2.80. The second kappa shape index (κ2) is 8.18. The minimum absolute atomic E-state index is 0.224. The van der Waals surface area contributed by atoms with Crippen LogP contribution in [0.5, 0.6) is 5.75 Å². The van der Waals surface area contributed by atoms with E-state index in [0.29, 0.717) is 17.2 Å². The Hall–Kier alpha value is -3.61. The average Bonchev–Trinajstić information content (AvgIpc) is 3.07. The molecule has 7 heteroatoms. The number of aryl methyl sites for hydroxylation is 2. The third-order valence-electron chi connectivity index (χ3n) is 3.81. The van der Waals surface area contributed by atoms with Crippen LogP contribution in [0.4, 0.5) is 0 Å². The second-order valence-electron chi connectivity index (χ2n) is 5.94. The smallest absolute Gasteiger partial charge is 0.276 e. The van der Waals surface area contributed by atoms with Crippen LogP contribution in [0.2, 0.25) is 0 Å². The fourth-order valence-electron chi connectivity index (χ4n) is 2.51. The lowest BCUT2D eigenvalue weighted by atomic mass is 10.1. The van der Waals surface area contributed by atoms with Crippen molar-refractivity contribution >= 4 is 11.8 Å². The number of rotatable bonds is 5. The Morgan fingerprint density at radius 3 is 2.56 bits per heavy atom. The minimum Gasteiger partial charge on any atom is -0.484 e. The van der Waals surface area contributed by atoms with Crippen LogP contribution in [0.1, 0.15) is 21.7 Å². The van der Waals surface area contributed by atoms with Crippen LogP contribution in [0.15, 0.2) is 59.1 Å². The summed E-state index contributed by atoms with van der Waals surface area (Å²) in [6.07, 6.45) is 0.